The summed E-state index contributed by atoms with van der Waals surface area (Å²) in [5.74, 6) is 0.0682. The molecule has 1 aromatic carbocycles. The van der Waals surface area contributed by atoms with Crippen molar-refractivity contribution >= 4 is 27.9 Å². The van der Waals surface area contributed by atoms with Gasteiger partial charge in [-0.25, -0.2) is 0 Å². The molecular formula is C11H12BrNO. The summed E-state index contributed by atoms with van der Waals surface area (Å²) in [4.78, 5) is 13.1. The number of rotatable bonds is 1. The molecule has 14 heavy (non-hydrogen) atoms. The minimum Gasteiger partial charge on any atom is -0.374 e. The van der Waals surface area contributed by atoms with Gasteiger partial charge < -0.3 is 9.69 Å². The molecule has 0 bridgehead atoms. The van der Waals surface area contributed by atoms with E-state index in [1.807, 2.05) is 12.1 Å². The van der Waals surface area contributed by atoms with E-state index in [1.54, 1.807) is 0 Å². The Labute approximate surface area is 92.0 Å². The minimum absolute atomic E-state index is 0.0682. The van der Waals surface area contributed by atoms with Crippen LogP contribution in [0.25, 0.3) is 0 Å². The van der Waals surface area contributed by atoms with Gasteiger partial charge in [-0.2, -0.15) is 0 Å². The predicted octanol–water partition coefficient (Wildman–Crippen LogP) is 2.57. The zero-order valence-corrected chi connectivity index (χ0v) is 9.62. The Bertz CT molecular complexity index is 364. The Morgan fingerprint density at radius 3 is 3.07 bits per heavy atom. The molecule has 0 saturated heterocycles. The summed E-state index contributed by atoms with van der Waals surface area (Å²) in [5, 5.41) is 0. The molecule has 74 valence electrons. The molecule has 1 aliphatic rings. The van der Waals surface area contributed by atoms with Crippen LogP contribution in [0.5, 0.6) is 0 Å². The van der Waals surface area contributed by atoms with Crippen LogP contribution in [-0.4, -0.2) is 19.9 Å². The highest BCUT2D eigenvalue weighted by Gasteiger charge is 2.22. The highest BCUT2D eigenvalue weighted by Crippen LogP contribution is 2.34. The SMILES string of the molecule is CN1CCC(C=O)c2cc(Br)ccc21. The Morgan fingerprint density at radius 2 is 2.36 bits per heavy atom. The van der Waals surface area contributed by atoms with Crippen molar-refractivity contribution in [2.24, 2.45) is 0 Å². The van der Waals surface area contributed by atoms with Crippen molar-refractivity contribution in [2.45, 2.75) is 12.3 Å². The maximum atomic E-state index is 10.9. The molecule has 1 aromatic rings. The third-order valence-corrected chi connectivity index (χ3v) is 3.23. The van der Waals surface area contributed by atoms with Crippen LogP contribution in [-0.2, 0) is 4.79 Å². The number of benzene rings is 1. The number of nitrogens with zero attached hydrogens (tertiary/aromatic N) is 1. The van der Waals surface area contributed by atoms with Crippen LogP contribution in [0, 0.1) is 0 Å². The molecule has 3 heteroatoms. The monoisotopic (exact) mass is 253 g/mol. The Kier molecular flexibility index (Phi) is 2.59. The topological polar surface area (TPSA) is 20.3 Å². The van der Waals surface area contributed by atoms with Crippen LogP contribution in [0.4, 0.5) is 5.69 Å². The number of hydrogen-bond acceptors (Lipinski definition) is 2. The fourth-order valence-corrected chi connectivity index (χ4v) is 2.30. The van der Waals surface area contributed by atoms with Crippen molar-refractivity contribution in [3.63, 3.8) is 0 Å². The number of anilines is 1. The van der Waals surface area contributed by atoms with E-state index in [0.29, 0.717) is 0 Å². The van der Waals surface area contributed by atoms with Crippen molar-refractivity contribution in [2.75, 3.05) is 18.5 Å². The molecule has 0 aromatic heterocycles. The fourth-order valence-electron chi connectivity index (χ4n) is 1.92. The van der Waals surface area contributed by atoms with Gasteiger partial charge in [0.2, 0.25) is 0 Å². The second kappa shape index (κ2) is 3.73. The Morgan fingerprint density at radius 1 is 1.57 bits per heavy atom. The summed E-state index contributed by atoms with van der Waals surface area (Å²) in [6, 6.07) is 6.13. The van der Waals surface area contributed by atoms with Gasteiger partial charge in [0.05, 0.1) is 0 Å². The van der Waals surface area contributed by atoms with E-state index in [2.05, 4.69) is 33.9 Å². The molecule has 1 unspecified atom stereocenters. The largest absolute Gasteiger partial charge is 0.374 e. The second-order valence-electron chi connectivity index (χ2n) is 3.66. The van der Waals surface area contributed by atoms with Crippen molar-refractivity contribution in [1.82, 2.24) is 0 Å². The lowest BCUT2D eigenvalue weighted by atomic mass is 9.91. The van der Waals surface area contributed by atoms with Crippen molar-refractivity contribution < 1.29 is 4.79 Å². The third-order valence-electron chi connectivity index (χ3n) is 2.74. The molecule has 1 atom stereocenters. The lowest BCUT2D eigenvalue weighted by Crippen LogP contribution is -2.27. The summed E-state index contributed by atoms with van der Waals surface area (Å²) >= 11 is 3.43. The van der Waals surface area contributed by atoms with Gasteiger partial charge in [-0.3, -0.25) is 0 Å². The number of hydrogen-bond donors (Lipinski definition) is 0. The van der Waals surface area contributed by atoms with Gasteiger partial charge in [-0.15, -0.1) is 0 Å². The summed E-state index contributed by atoms with van der Waals surface area (Å²) in [7, 11) is 2.06. The maximum absolute atomic E-state index is 10.9. The van der Waals surface area contributed by atoms with Gasteiger partial charge in [0.1, 0.15) is 6.29 Å². The van der Waals surface area contributed by atoms with E-state index in [1.165, 1.54) is 5.69 Å². The molecule has 2 rings (SSSR count). The van der Waals surface area contributed by atoms with Gasteiger partial charge >= 0.3 is 0 Å². The first-order chi connectivity index (χ1) is 6.72. The lowest BCUT2D eigenvalue weighted by molar-refractivity contribution is -0.109. The van der Waals surface area contributed by atoms with Gasteiger partial charge in [0.25, 0.3) is 0 Å². The number of carbonyl (C=O) groups excluding carboxylic acids is 1. The van der Waals surface area contributed by atoms with E-state index in [9.17, 15) is 4.79 Å². The number of halogens is 1. The van der Waals surface area contributed by atoms with Crippen LogP contribution in [0.15, 0.2) is 22.7 Å². The summed E-state index contributed by atoms with van der Waals surface area (Å²) < 4.78 is 1.04. The number of carbonyl (C=O) groups is 1. The third kappa shape index (κ3) is 1.57. The number of fused-ring (bicyclic) bond motifs is 1. The highest BCUT2D eigenvalue weighted by atomic mass is 79.9. The van der Waals surface area contributed by atoms with Crippen LogP contribution in [0.1, 0.15) is 17.9 Å². The van der Waals surface area contributed by atoms with E-state index in [0.717, 1.165) is 29.3 Å². The highest BCUT2D eigenvalue weighted by molar-refractivity contribution is 9.10. The van der Waals surface area contributed by atoms with Crippen LogP contribution in [0.2, 0.25) is 0 Å². The first-order valence-electron chi connectivity index (χ1n) is 4.68. The molecule has 0 radical (unpaired) electrons. The Hall–Kier alpha value is -0.830. The first kappa shape index (κ1) is 9.71. The van der Waals surface area contributed by atoms with Gasteiger partial charge in [0, 0.05) is 29.7 Å². The van der Waals surface area contributed by atoms with Gasteiger partial charge in [-0.1, -0.05) is 15.9 Å². The average Bonchev–Trinajstić information content (AvgIpc) is 2.18. The average molecular weight is 254 g/mol. The number of aldehydes is 1. The predicted molar refractivity (Wildman–Crippen MR) is 60.8 cm³/mol. The normalized spacial score (nSPS) is 20.4. The van der Waals surface area contributed by atoms with E-state index < -0.39 is 0 Å². The molecule has 0 amide bonds. The summed E-state index contributed by atoms with van der Waals surface area (Å²) in [6.07, 6.45) is 1.97. The molecule has 2 nitrogen and oxygen atoms in total. The second-order valence-corrected chi connectivity index (χ2v) is 4.57. The van der Waals surface area contributed by atoms with Crippen molar-refractivity contribution in [3.8, 4) is 0 Å². The zero-order valence-electron chi connectivity index (χ0n) is 8.03. The van der Waals surface area contributed by atoms with E-state index in [-0.39, 0.29) is 5.92 Å². The zero-order chi connectivity index (χ0) is 10.1. The molecule has 0 N–H and O–H groups in total. The molecular weight excluding hydrogens is 242 g/mol. The van der Waals surface area contributed by atoms with Crippen LogP contribution in [0.3, 0.4) is 0 Å². The quantitative estimate of drug-likeness (QED) is 0.718. The first-order valence-corrected chi connectivity index (χ1v) is 5.47. The molecule has 0 spiro atoms. The fraction of sp³-hybridized carbons (Fsp3) is 0.364. The molecule has 0 saturated carbocycles. The van der Waals surface area contributed by atoms with Gasteiger partial charge in [0.15, 0.2) is 0 Å². The van der Waals surface area contributed by atoms with Crippen molar-refractivity contribution in [3.05, 3.63) is 28.2 Å². The van der Waals surface area contributed by atoms with E-state index in [4.69, 9.17) is 0 Å². The van der Waals surface area contributed by atoms with Gasteiger partial charge in [-0.05, 0) is 30.2 Å². The Balaban J connectivity index is 2.51. The van der Waals surface area contributed by atoms with E-state index >= 15 is 0 Å². The lowest BCUT2D eigenvalue weighted by Gasteiger charge is -2.30. The summed E-state index contributed by atoms with van der Waals surface area (Å²) in [5.41, 5.74) is 2.32. The smallest absolute Gasteiger partial charge is 0.127 e. The summed E-state index contributed by atoms with van der Waals surface area (Å²) in [6.45, 7) is 0.956. The minimum atomic E-state index is 0.0682. The van der Waals surface area contributed by atoms with Crippen LogP contribution >= 0.6 is 15.9 Å². The molecule has 1 aliphatic heterocycles. The maximum Gasteiger partial charge on any atom is 0.127 e. The van der Waals surface area contributed by atoms with Crippen LogP contribution < -0.4 is 4.90 Å². The molecule has 0 fully saturated rings. The van der Waals surface area contributed by atoms with Crippen molar-refractivity contribution in [1.29, 1.82) is 0 Å². The molecule has 0 aliphatic carbocycles. The standard InChI is InChI=1S/C11H12BrNO/c1-13-5-4-8(7-14)10-6-9(12)2-3-11(10)13/h2-3,6-8H,4-5H2,1H3. The molecule has 1 heterocycles.